The quantitative estimate of drug-likeness (QED) is 0.809. The zero-order valence-corrected chi connectivity index (χ0v) is 11.6. The molecule has 0 aromatic heterocycles. The van der Waals surface area contributed by atoms with Gasteiger partial charge in [0.2, 0.25) is 5.91 Å². The van der Waals surface area contributed by atoms with Crippen molar-refractivity contribution in [1.29, 1.82) is 0 Å². The Labute approximate surface area is 117 Å². The predicted molar refractivity (Wildman–Crippen MR) is 72.5 cm³/mol. The molecule has 2 atom stereocenters. The van der Waals surface area contributed by atoms with Crippen LogP contribution in [0.4, 0.5) is 8.78 Å². The first kappa shape index (κ1) is 16.4. The van der Waals surface area contributed by atoms with Gasteiger partial charge in [0.1, 0.15) is 5.75 Å². The molecule has 6 heteroatoms. The Bertz CT molecular complexity index is 439. The van der Waals surface area contributed by atoms with Crippen molar-refractivity contribution in [3.8, 4) is 5.75 Å². The number of carbonyl (C=O) groups is 1. The highest BCUT2D eigenvalue weighted by atomic mass is 19.3. The van der Waals surface area contributed by atoms with Crippen molar-refractivity contribution in [2.24, 2.45) is 5.73 Å². The van der Waals surface area contributed by atoms with Crippen LogP contribution in [0.5, 0.6) is 5.75 Å². The van der Waals surface area contributed by atoms with Crippen molar-refractivity contribution in [2.75, 3.05) is 0 Å². The third-order valence-corrected chi connectivity index (χ3v) is 2.79. The third kappa shape index (κ3) is 5.97. The number of carbonyl (C=O) groups excluding carboxylic acids is 1. The molecule has 0 saturated heterocycles. The Morgan fingerprint density at radius 2 is 2.10 bits per heavy atom. The lowest BCUT2D eigenvalue weighted by Gasteiger charge is -2.16. The highest BCUT2D eigenvalue weighted by Crippen LogP contribution is 2.20. The van der Waals surface area contributed by atoms with Gasteiger partial charge in [-0.3, -0.25) is 4.79 Å². The molecule has 0 aliphatic rings. The van der Waals surface area contributed by atoms with Crippen LogP contribution in [0.3, 0.4) is 0 Å². The topological polar surface area (TPSA) is 64.4 Å². The fourth-order valence-corrected chi connectivity index (χ4v) is 1.72. The Kier molecular flexibility index (Phi) is 6.38. The molecule has 112 valence electrons. The lowest BCUT2D eigenvalue weighted by molar-refractivity contribution is -0.121. The molecule has 1 amide bonds. The molecule has 0 fully saturated rings. The fourth-order valence-electron chi connectivity index (χ4n) is 1.72. The van der Waals surface area contributed by atoms with Crippen molar-refractivity contribution < 1.29 is 18.3 Å². The van der Waals surface area contributed by atoms with E-state index in [0.29, 0.717) is 18.4 Å². The minimum absolute atomic E-state index is 0.0289. The summed E-state index contributed by atoms with van der Waals surface area (Å²) in [6, 6.07) is 5.98. The van der Waals surface area contributed by atoms with E-state index in [2.05, 4.69) is 10.1 Å². The molecule has 1 aromatic carbocycles. The molecule has 0 radical (unpaired) electrons. The summed E-state index contributed by atoms with van der Waals surface area (Å²) < 4.78 is 28.6. The van der Waals surface area contributed by atoms with Crippen LogP contribution in [0.2, 0.25) is 0 Å². The molecule has 0 spiro atoms. The van der Waals surface area contributed by atoms with Gasteiger partial charge >= 0.3 is 6.61 Å². The average Bonchev–Trinajstić information content (AvgIpc) is 2.36. The summed E-state index contributed by atoms with van der Waals surface area (Å²) in [6.07, 6.45) is 0.947. The minimum atomic E-state index is -2.86. The molecule has 2 unspecified atom stereocenters. The standard InChI is InChI=1S/C14H20F2N2O2/c1-9(17)6-7-13(19)18-10(2)11-4-3-5-12(8-11)20-14(15)16/h3-5,8-10,14H,6-7,17H2,1-2H3,(H,18,19). The molecule has 1 aromatic rings. The Morgan fingerprint density at radius 3 is 2.70 bits per heavy atom. The highest BCUT2D eigenvalue weighted by molar-refractivity contribution is 5.76. The van der Waals surface area contributed by atoms with Gasteiger partial charge in [0.25, 0.3) is 0 Å². The Morgan fingerprint density at radius 1 is 1.40 bits per heavy atom. The summed E-state index contributed by atoms with van der Waals surface area (Å²) in [6.45, 7) is 0.758. The SMILES string of the molecule is CC(N)CCC(=O)NC(C)c1cccc(OC(F)F)c1. The zero-order valence-electron chi connectivity index (χ0n) is 11.6. The van der Waals surface area contributed by atoms with E-state index in [0.717, 1.165) is 0 Å². The van der Waals surface area contributed by atoms with E-state index >= 15 is 0 Å². The van der Waals surface area contributed by atoms with Gasteiger partial charge in [-0.2, -0.15) is 8.78 Å². The predicted octanol–water partition coefficient (Wildman–Crippen LogP) is 2.59. The molecular weight excluding hydrogens is 266 g/mol. The monoisotopic (exact) mass is 286 g/mol. The maximum atomic E-state index is 12.1. The second kappa shape index (κ2) is 7.79. The first-order valence-corrected chi connectivity index (χ1v) is 6.48. The second-order valence-corrected chi connectivity index (χ2v) is 4.76. The fraction of sp³-hybridized carbons (Fsp3) is 0.500. The van der Waals surface area contributed by atoms with Crippen LogP contribution >= 0.6 is 0 Å². The number of rotatable bonds is 7. The molecule has 0 heterocycles. The van der Waals surface area contributed by atoms with Gasteiger partial charge in [-0.25, -0.2) is 0 Å². The average molecular weight is 286 g/mol. The lowest BCUT2D eigenvalue weighted by Crippen LogP contribution is -2.28. The van der Waals surface area contributed by atoms with Crippen molar-refractivity contribution in [1.82, 2.24) is 5.32 Å². The molecule has 4 nitrogen and oxygen atoms in total. The zero-order chi connectivity index (χ0) is 15.1. The molecule has 1 rings (SSSR count). The molecule has 3 N–H and O–H groups in total. The van der Waals surface area contributed by atoms with Crippen LogP contribution < -0.4 is 15.8 Å². The summed E-state index contributed by atoms with van der Waals surface area (Å²) in [5.74, 6) is -0.0378. The van der Waals surface area contributed by atoms with Crippen molar-refractivity contribution in [3.05, 3.63) is 29.8 Å². The summed E-state index contributed by atoms with van der Waals surface area (Å²) in [5.41, 5.74) is 6.29. The second-order valence-electron chi connectivity index (χ2n) is 4.76. The van der Waals surface area contributed by atoms with Crippen LogP contribution in [0.1, 0.15) is 38.3 Å². The van der Waals surface area contributed by atoms with E-state index in [9.17, 15) is 13.6 Å². The number of hydrogen-bond donors (Lipinski definition) is 2. The van der Waals surface area contributed by atoms with Crippen molar-refractivity contribution >= 4 is 5.91 Å². The normalized spacial score (nSPS) is 13.9. The number of nitrogens with two attached hydrogens (primary N) is 1. The highest BCUT2D eigenvalue weighted by Gasteiger charge is 2.12. The van der Waals surface area contributed by atoms with Gasteiger partial charge in [0.05, 0.1) is 6.04 Å². The lowest BCUT2D eigenvalue weighted by atomic mass is 10.1. The van der Waals surface area contributed by atoms with Crippen LogP contribution in [-0.4, -0.2) is 18.6 Å². The molecule has 0 aliphatic heterocycles. The summed E-state index contributed by atoms with van der Waals surface area (Å²) in [4.78, 5) is 11.7. The number of ether oxygens (including phenoxy) is 1. The Balaban J connectivity index is 2.58. The molecule has 20 heavy (non-hydrogen) atoms. The third-order valence-electron chi connectivity index (χ3n) is 2.79. The van der Waals surface area contributed by atoms with Crippen LogP contribution in [-0.2, 0) is 4.79 Å². The van der Waals surface area contributed by atoms with Crippen molar-refractivity contribution in [3.63, 3.8) is 0 Å². The smallest absolute Gasteiger partial charge is 0.387 e. The van der Waals surface area contributed by atoms with Crippen LogP contribution in [0.25, 0.3) is 0 Å². The van der Waals surface area contributed by atoms with Gasteiger partial charge < -0.3 is 15.8 Å². The molecule has 0 bridgehead atoms. The van der Waals surface area contributed by atoms with Crippen LogP contribution in [0.15, 0.2) is 24.3 Å². The number of alkyl halides is 2. The van der Waals surface area contributed by atoms with E-state index in [4.69, 9.17) is 5.73 Å². The molecule has 0 saturated carbocycles. The maximum absolute atomic E-state index is 12.1. The van der Waals surface area contributed by atoms with Gasteiger partial charge in [0, 0.05) is 12.5 Å². The van der Waals surface area contributed by atoms with Crippen molar-refractivity contribution in [2.45, 2.75) is 45.4 Å². The number of nitrogens with one attached hydrogen (secondary N) is 1. The number of amides is 1. The van der Waals surface area contributed by atoms with Crippen LogP contribution in [0, 0.1) is 0 Å². The molecular formula is C14H20F2N2O2. The molecule has 0 aliphatic carbocycles. The first-order valence-electron chi connectivity index (χ1n) is 6.48. The van der Waals surface area contributed by atoms with E-state index < -0.39 is 6.61 Å². The first-order chi connectivity index (χ1) is 9.38. The van der Waals surface area contributed by atoms with E-state index in [1.807, 2.05) is 6.92 Å². The van der Waals surface area contributed by atoms with Gasteiger partial charge in [-0.05, 0) is 38.0 Å². The maximum Gasteiger partial charge on any atom is 0.387 e. The largest absolute Gasteiger partial charge is 0.435 e. The van der Waals surface area contributed by atoms with E-state index in [-0.39, 0.29) is 23.7 Å². The number of halogens is 2. The summed E-state index contributed by atoms with van der Waals surface area (Å²) in [5, 5.41) is 2.79. The van der Waals surface area contributed by atoms with Gasteiger partial charge in [-0.15, -0.1) is 0 Å². The van der Waals surface area contributed by atoms with Gasteiger partial charge in [0.15, 0.2) is 0 Å². The summed E-state index contributed by atoms with van der Waals surface area (Å²) in [7, 11) is 0. The minimum Gasteiger partial charge on any atom is -0.435 e. The Hall–Kier alpha value is -1.69. The van der Waals surface area contributed by atoms with Gasteiger partial charge in [-0.1, -0.05) is 12.1 Å². The number of benzene rings is 1. The van der Waals surface area contributed by atoms with E-state index in [1.165, 1.54) is 12.1 Å². The number of hydrogen-bond acceptors (Lipinski definition) is 3. The van der Waals surface area contributed by atoms with E-state index in [1.54, 1.807) is 19.1 Å². The summed E-state index contributed by atoms with van der Waals surface area (Å²) >= 11 is 0.